The molecule has 9 aromatic rings. The van der Waals surface area contributed by atoms with Crippen LogP contribution in [0.25, 0.3) is 69.9 Å². The summed E-state index contributed by atoms with van der Waals surface area (Å²) in [7, 11) is 0. The minimum Gasteiger partial charge on any atom is -0.376 e. The van der Waals surface area contributed by atoms with Crippen LogP contribution in [-0.2, 0) is 32.5 Å². The van der Waals surface area contributed by atoms with Gasteiger partial charge in [-0.3, -0.25) is 0 Å². The normalized spacial score (nSPS) is 19.4. The molecule has 0 N–H and O–H groups in total. The van der Waals surface area contributed by atoms with E-state index in [2.05, 4.69) is 209 Å². The molecule has 0 saturated carbocycles. The highest BCUT2D eigenvalue weighted by atomic mass is 32.1. The molecule has 0 radical (unpaired) electrons. The Balaban J connectivity index is 1.25. The van der Waals surface area contributed by atoms with Gasteiger partial charge >= 0.3 is 6.85 Å². The number of anilines is 2. The fourth-order valence-electron chi connectivity index (χ4n) is 14.6. The number of hydrogen-bond acceptors (Lipinski definition) is 2. The van der Waals surface area contributed by atoms with E-state index in [4.69, 9.17) is 0 Å². The third-order valence-electron chi connectivity index (χ3n) is 18.8. The Morgan fingerprint density at radius 3 is 1.81 bits per heavy atom. The minimum atomic E-state index is -0.233. The van der Waals surface area contributed by atoms with Crippen LogP contribution in [0.3, 0.4) is 0 Å². The molecular formula is C65H65BN2S. The third-order valence-corrected chi connectivity index (χ3v) is 19.9. The quantitative estimate of drug-likeness (QED) is 0.149. The van der Waals surface area contributed by atoms with Crippen molar-refractivity contribution in [1.82, 2.24) is 4.57 Å². The van der Waals surface area contributed by atoms with Gasteiger partial charge in [0.1, 0.15) is 0 Å². The average Bonchev–Trinajstić information content (AvgIpc) is 3.92. The van der Waals surface area contributed by atoms with Crippen molar-refractivity contribution in [2.24, 2.45) is 0 Å². The van der Waals surface area contributed by atoms with Gasteiger partial charge in [-0.1, -0.05) is 145 Å². The maximum atomic E-state index is 2.82. The summed E-state index contributed by atoms with van der Waals surface area (Å²) in [6, 6.07) is 44.3. The number of thiophene rings is 1. The lowest BCUT2D eigenvalue weighted by Crippen LogP contribution is -2.61. The first-order valence-electron chi connectivity index (χ1n) is 26.0. The Bertz CT molecular complexity index is 3800. The first kappa shape index (κ1) is 42.3. The van der Waals surface area contributed by atoms with Crippen LogP contribution in [0, 0.1) is 0 Å². The molecule has 5 aliphatic rings. The molecule has 344 valence electrons. The van der Waals surface area contributed by atoms with Gasteiger partial charge in [0.2, 0.25) is 0 Å². The van der Waals surface area contributed by atoms with Crippen LogP contribution >= 0.6 is 11.3 Å². The maximum Gasteiger partial charge on any atom is 0.333 e. The van der Waals surface area contributed by atoms with E-state index >= 15 is 0 Å². The summed E-state index contributed by atoms with van der Waals surface area (Å²) in [6.45, 7) is 32.0. The predicted octanol–water partition coefficient (Wildman–Crippen LogP) is 16.7. The molecule has 0 amide bonds. The summed E-state index contributed by atoms with van der Waals surface area (Å²) in [5, 5.41) is 5.58. The zero-order valence-electron chi connectivity index (χ0n) is 43.1. The summed E-state index contributed by atoms with van der Waals surface area (Å²) < 4.78 is 5.52. The van der Waals surface area contributed by atoms with Crippen molar-refractivity contribution in [2.45, 2.75) is 148 Å². The predicted molar refractivity (Wildman–Crippen MR) is 300 cm³/mol. The Kier molecular flexibility index (Phi) is 7.99. The van der Waals surface area contributed by atoms with E-state index in [1.165, 1.54) is 157 Å². The number of hydrogen-bond donors (Lipinski definition) is 0. The summed E-state index contributed by atoms with van der Waals surface area (Å²) in [5.41, 5.74) is 25.7. The second kappa shape index (κ2) is 13.0. The monoisotopic (exact) mass is 916 g/mol. The summed E-state index contributed by atoms with van der Waals surface area (Å²) >= 11 is 1.96. The molecule has 69 heavy (non-hydrogen) atoms. The molecule has 2 aromatic heterocycles. The molecule has 4 heterocycles. The lowest BCUT2D eigenvalue weighted by Gasteiger charge is -2.47. The Hall–Kier alpha value is -5.58. The smallest absolute Gasteiger partial charge is 0.333 e. The minimum absolute atomic E-state index is 0.0416. The zero-order chi connectivity index (χ0) is 47.9. The molecule has 0 bridgehead atoms. The van der Waals surface area contributed by atoms with Crippen LogP contribution in [0.5, 0.6) is 0 Å². The standard InChI is InChI=1S/C65H65BN2S/c1-60(2,3)36-22-24-37(25-23-36)68-50-34-47-45(62(6,7)27-29-64(47,10)11)31-42(50)55-54-39-19-14-16-20-43(39)65(12,13)57(54)56-41-30-44-46(63(8,9)28-26-61(44,4)5)33-49(41)67-51-32-40-38-18-15-17-21-52(38)69-53(40)35-48(51)66(68)58(55)59(56)67/h14-25,30-35H,26-29H2,1-13H3. The van der Waals surface area contributed by atoms with E-state index in [0.29, 0.717) is 0 Å². The Morgan fingerprint density at radius 2 is 1.13 bits per heavy atom. The highest BCUT2D eigenvalue weighted by Crippen LogP contribution is 2.61. The highest BCUT2D eigenvalue weighted by molar-refractivity contribution is 7.26. The van der Waals surface area contributed by atoms with E-state index in [1.54, 1.807) is 0 Å². The highest BCUT2D eigenvalue weighted by Gasteiger charge is 2.52. The number of benzene rings is 7. The van der Waals surface area contributed by atoms with Crippen molar-refractivity contribution in [3.05, 3.63) is 148 Å². The number of nitrogens with zero attached hydrogens (tertiary/aromatic N) is 2. The van der Waals surface area contributed by atoms with Crippen LogP contribution < -0.4 is 15.7 Å². The van der Waals surface area contributed by atoms with E-state index in [0.717, 1.165) is 0 Å². The van der Waals surface area contributed by atoms with Crippen molar-refractivity contribution in [3.8, 4) is 27.9 Å². The van der Waals surface area contributed by atoms with Crippen LogP contribution in [0.2, 0.25) is 0 Å². The van der Waals surface area contributed by atoms with Gasteiger partial charge in [-0.15, -0.1) is 11.3 Å². The van der Waals surface area contributed by atoms with Crippen LogP contribution in [0.1, 0.15) is 155 Å². The van der Waals surface area contributed by atoms with Gasteiger partial charge in [0.05, 0.1) is 11.0 Å². The molecule has 0 unspecified atom stereocenters. The Labute approximate surface area is 413 Å². The summed E-state index contributed by atoms with van der Waals surface area (Å²) in [5.74, 6) is 0. The lowest BCUT2D eigenvalue weighted by atomic mass is 9.43. The molecule has 0 saturated heterocycles. The van der Waals surface area contributed by atoms with Gasteiger partial charge < -0.3 is 9.38 Å². The topological polar surface area (TPSA) is 8.17 Å². The van der Waals surface area contributed by atoms with Gasteiger partial charge in [0.25, 0.3) is 0 Å². The lowest BCUT2D eigenvalue weighted by molar-refractivity contribution is 0.332. The first-order valence-corrected chi connectivity index (χ1v) is 26.8. The number of rotatable bonds is 1. The molecule has 2 aliphatic heterocycles. The SMILES string of the molecule is CC(C)(C)c1ccc(N2B3c4cc5sc6ccccc6c5cc4-n4c5cc6c(cc5c5c7c(c(c3c54)-c3cc4c(cc32)C(C)(C)CCC4(C)C)-c2ccccc2C7(C)C)C(C)(C)CCC6(C)C)cc1. The third kappa shape index (κ3) is 5.35. The summed E-state index contributed by atoms with van der Waals surface area (Å²) in [4.78, 5) is 2.82. The van der Waals surface area contributed by atoms with Crippen LogP contribution in [0.15, 0.2) is 109 Å². The van der Waals surface area contributed by atoms with Crippen molar-refractivity contribution >= 4 is 82.5 Å². The Morgan fingerprint density at radius 1 is 0.522 bits per heavy atom. The van der Waals surface area contributed by atoms with Crippen LogP contribution in [0.4, 0.5) is 11.4 Å². The first-order chi connectivity index (χ1) is 32.6. The molecule has 2 nitrogen and oxygen atoms in total. The summed E-state index contributed by atoms with van der Waals surface area (Å²) in [6.07, 6.45) is 4.72. The van der Waals surface area contributed by atoms with Gasteiger partial charge in [0.15, 0.2) is 0 Å². The average molecular weight is 917 g/mol. The van der Waals surface area contributed by atoms with E-state index in [1.807, 2.05) is 11.3 Å². The second-order valence-corrected chi connectivity index (χ2v) is 27.3. The van der Waals surface area contributed by atoms with Gasteiger partial charge in [-0.2, -0.15) is 0 Å². The van der Waals surface area contributed by atoms with Gasteiger partial charge in [-0.25, -0.2) is 0 Å². The van der Waals surface area contributed by atoms with E-state index in [-0.39, 0.29) is 39.3 Å². The van der Waals surface area contributed by atoms with Crippen molar-refractivity contribution in [1.29, 1.82) is 0 Å². The van der Waals surface area contributed by atoms with Crippen molar-refractivity contribution in [2.75, 3.05) is 4.81 Å². The number of aromatic nitrogens is 1. The largest absolute Gasteiger partial charge is 0.376 e. The molecule has 0 atom stereocenters. The molecular weight excluding hydrogens is 852 g/mol. The molecule has 14 rings (SSSR count). The van der Waals surface area contributed by atoms with E-state index in [9.17, 15) is 0 Å². The van der Waals surface area contributed by atoms with Crippen LogP contribution in [-0.4, -0.2) is 11.4 Å². The molecule has 4 heteroatoms. The van der Waals surface area contributed by atoms with Crippen molar-refractivity contribution in [3.63, 3.8) is 0 Å². The maximum absolute atomic E-state index is 2.82. The zero-order valence-corrected chi connectivity index (χ0v) is 43.9. The van der Waals surface area contributed by atoms with Crippen molar-refractivity contribution < 1.29 is 0 Å². The molecule has 0 spiro atoms. The fraction of sp³-hybridized carbons (Fsp3) is 0.354. The fourth-order valence-corrected chi connectivity index (χ4v) is 15.7. The molecule has 0 fully saturated rings. The number of fused-ring (bicyclic) bond motifs is 18. The van der Waals surface area contributed by atoms with E-state index < -0.39 is 0 Å². The molecule has 7 aromatic carbocycles. The molecule has 3 aliphatic carbocycles. The van der Waals surface area contributed by atoms with Gasteiger partial charge in [-0.05, 0) is 174 Å². The van der Waals surface area contributed by atoms with Gasteiger partial charge in [0, 0.05) is 59.0 Å². The second-order valence-electron chi connectivity index (χ2n) is 26.2.